The smallest absolute Gasteiger partial charge is 0.237 e. The topological polar surface area (TPSA) is 36.4 Å². The molecule has 0 saturated carbocycles. The number of hydrogen-bond acceptors (Lipinski definition) is 4. The van der Waals surface area contributed by atoms with Crippen molar-refractivity contribution in [3.8, 4) is 0 Å². The van der Waals surface area contributed by atoms with Crippen LogP contribution in [0.1, 0.15) is 36.3 Å². The maximum absolute atomic E-state index is 12.8. The first-order valence-corrected chi connectivity index (χ1v) is 10.9. The van der Waals surface area contributed by atoms with Gasteiger partial charge < -0.3 is 4.90 Å². The van der Waals surface area contributed by atoms with Crippen LogP contribution in [0, 0.1) is 0 Å². The quantitative estimate of drug-likeness (QED) is 0.618. The fourth-order valence-electron chi connectivity index (χ4n) is 3.87. The SMILES string of the molecule is CCN(Cc1ccccc1)C(=O)CN1CCC(c2nc3ccccc3s2)CC1. The molecule has 0 spiro atoms. The molecule has 1 aliphatic rings. The lowest BCUT2D eigenvalue weighted by atomic mass is 9.97. The van der Waals surface area contributed by atoms with Crippen molar-refractivity contribution in [1.29, 1.82) is 0 Å². The number of fused-ring (bicyclic) bond motifs is 1. The number of nitrogens with zero attached hydrogens (tertiary/aromatic N) is 3. The van der Waals surface area contributed by atoms with Gasteiger partial charge in [0.1, 0.15) is 0 Å². The molecule has 1 amide bonds. The average Bonchev–Trinajstić information content (AvgIpc) is 3.17. The van der Waals surface area contributed by atoms with Crippen molar-refractivity contribution in [2.45, 2.75) is 32.2 Å². The summed E-state index contributed by atoms with van der Waals surface area (Å²) in [5, 5.41) is 1.26. The highest BCUT2D eigenvalue weighted by atomic mass is 32.1. The van der Waals surface area contributed by atoms with Gasteiger partial charge in [-0.25, -0.2) is 4.98 Å². The summed E-state index contributed by atoms with van der Waals surface area (Å²) in [5.41, 5.74) is 2.30. The molecule has 1 saturated heterocycles. The van der Waals surface area contributed by atoms with Crippen molar-refractivity contribution in [2.75, 3.05) is 26.2 Å². The summed E-state index contributed by atoms with van der Waals surface area (Å²) in [6, 6.07) is 18.6. The summed E-state index contributed by atoms with van der Waals surface area (Å²) in [5.74, 6) is 0.750. The molecule has 2 heterocycles. The summed E-state index contributed by atoms with van der Waals surface area (Å²) in [7, 11) is 0. The van der Waals surface area contributed by atoms with Gasteiger partial charge in [-0.15, -0.1) is 11.3 Å². The van der Waals surface area contributed by atoms with Crippen LogP contribution in [0.4, 0.5) is 0 Å². The molecule has 0 bridgehead atoms. The zero-order valence-electron chi connectivity index (χ0n) is 16.4. The predicted molar refractivity (Wildman–Crippen MR) is 116 cm³/mol. The van der Waals surface area contributed by atoms with E-state index in [1.54, 1.807) is 0 Å². The largest absolute Gasteiger partial charge is 0.338 e. The number of thiazole rings is 1. The van der Waals surface area contributed by atoms with E-state index in [1.165, 1.54) is 15.3 Å². The minimum Gasteiger partial charge on any atom is -0.338 e. The number of rotatable bonds is 6. The second-order valence-corrected chi connectivity index (χ2v) is 8.53. The van der Waals surface area contributed by atoms with Gasteiger partial charge in [-0.1, -0.05) is 42.5 Å². The van der Waals surface area contributed by atoms with E-state index >= 15 is 0 Å². The fraction of sp³-hybridized carbons (Fsp3) is 0.391. The van der Waals surface area contributed by atoms with Crippen molar-refractivity contribution in [2.24, 2.45) is 0 Å². The van der Waals surface area contributed by atoms with Gasteiger partial charge in [-0.05, 0) is 50.6 Å². The van der Waals surface area contributed by atoms with Crippen LogP contribution in [0.15, 0.2) is 54.6 Å². The Morgan fingerprint density at radius 2 is 1.82 bits per heavy atom. The molecule has 2 aromatic carbocycles. The van der Waals surface area contributed by atoms with Gasteiger partial charge in [0, 0.05) is 19.0 Å². The second kappa shape index (κ2) is 8.84. The van der Waals surface area contributed by atoms with Crippen LogP contribution in [0.3, 0.4) is 0 Å². The Bertz CT molecular complexity index is 883. The third kappa shape index (κ3) is 4.42. The second-order valence-electron chi connectivity index (χ2n) is 7.46. The fourth-order valence-corrected chi connectivity index (χ4v) is 5.01. The molecular weight excluding hydrogens is 366 g/mol. The van der Waals surface area contributed by atoms with Gasteiger partial charge in [-0.3, -0.25) is 9.69 Å². The van der Waals surface area contributed by atoms with Crippen LogP contribution in [0.25, 0.3) is 10.2 Å². The van der Waals surface area contributed by atoms with Crippen LogP contribution in [-0.2, 0) is 11.3 Å². The van der Waals surface area contributed by atoms with Gasteiger partial charge in [0.2, 0.25) is 5.91 Å². The van der Waals surface area contributed by atoms with Gasteiger partial charge >= 0.3 is 0 Å². The van der Waals surface area contributed by atoms with E-state index in [0.717, 1.165) is 38.0 Å². The van der Waals surface area contributed by atoms with Gasteiger partial charge in [0.25, 0.3) is 0 Å². The minimum atomic E-state index is 0.227. The van der Waals surface area contributed by atoms with E-state index in [1.807, 2.05) is 34.4 Å². The molecule has 28 heavy (non-hydrogen) atoms. The third-order valence-corrected chi connectivity index (χ3v) is 6.76. The van der Waals surface area contributed by atoms with Crippen LogP contribution < -0.4 is 0 Å². The van der Waals surface area contributed by atoms with Gasteiger partial charge in [0.15, 0.2) is 0 Å². The monoisotopic (exact) mass is 393 g/mol. The molecule has 3 aromatic rings. The van der Waals surface area contributed by atoms with Gasteiger partial charge in [-0.2, -0.15) is 0 Å². The van der Waals surface area contributed by atoms with Gasteiger partial charge in [0.05, 0.1) is 21.8 Å². The Labute approximate surface area is 170 Å². The number of amides is 1. The highest BCUT2D eigenvalue weighted by Crippen LogP contribution is 2.33. The van der Waals surface area contributed by atoms with E-state index < -0.39 is 0 Å². The van der Waals surface area contributed by atoms with Crippen molar-refractivity contribution in [3.05, 3.63) is 65.2 Å². The molecular formula is C23H27N3OS. The van der Waals surface area contributed by atoms with E-state index in [4.69, 9.17) is 4.98 Å². The molecule has 0 atom stereocenters. The zero-order valence-corrected chi connectivity index (χ0v) is 17.2. The first kappa shape index (κ1) is 19.1. The summed E-state index contributed by atoms with van der Waals surface area (Å²) >= 11 is 1.82. The van der Waals surface area contributed by atoms with Crippen LogP contribution in [0.2, 0.25) is 0 Å². The lowest BCUT2D eigenvalue weighted by molar-refractivity contribution is -0.133. The summed E-state index contributed by atoms with van der Waals surface area (Å²) in [6.45, 7) is 5.95. The molecule has 1 aromatic heterocycles. The molecule has 4 rings (SSSR count). The Morgan fingerprint density at radius 3 is 2.54 bits per heavy atom. The van der Waals surface area contributed by atoms with E-state index in [2.05, 4.69) is 48.2 Å². The number of benzene rings is 2. The molecule has 1 aliphatic heterocycles. The van der Waals surface area contributed by atoms with Crippen molar-refractivity contribution in [1.82, 2.24) is 14.8 Å². The number of piperidine rings is 1. The van der Waals surface area contributed by atoms with Crippen LogP contribution in [-0.4, -0.2) is 46.9 Å². The van der Waals surface area contributed by atoms with Crippen molar-refractivity contribution < 1.29 is 4.79 Å². The number of hydrogen-bond donors (Lipinski definition) is 0. The summed E-state index contributed by atoms with van der Waals surface area (Å²) in [4.78, 5) is 21.9. The molecule has 1 fully saturated rings. The Balaban J connectivity index is 1.31. The van der Waals surface area contributed by atoms with Crippen LogP contribution in [0.5, 0.6) is 0 Å². The number of carbonyl (C=O) groups excluding carboxylic acids is 1. The lowest BCUT2D eigenvalue weighted by Crippen LogP contribution is -2.42. The number of carbonyl (C=O) groups is 1. The Morgan fingerprint density at radius 1 is 1.11 bits per heavy atom. The molecule has 0 N–H and O–H groups in total. The molecule has 0 unspecified atom stereocenters. The Kier molecular flexibility index (Phi) is 6.03. The third-order valence-electron chi connectivity index (χ3n) is 5.56. The standard InChI is InChI=1S/C23H27N3OS/c1-2-26(16-18-8-4-3-5-9-18)22(27)17-25-14-12-19(13-15-25)23-24-20-10-6-7-11-21(20)28-23/h3-11,19H,2,12-17H2,1H3. The minimum absolute atomic E-state index is 0.227. The zero-order chi connectivity index (χ0) is 19.3. The highest BCUT2D eigenvalue weighted by Gasteiger charge is 2.25. The number of likely N-dealkylation sites (tertiary alicyclic amines) is 1. The molecule has 5 heteroatoms. The summed E-state index contributed by atoms with van der Waals surface area (Å²) in [6.07, 6.45) is 2.16. The summed E-state index contributed by atoms with van der Waals surface area (Å²) < 4.78 is 1.27. The molecule has 146 valence electrons. The maximum Gasteiger partial charge on any atom is 0.237 e. The first-order chi connectivity index (χ1) is 13.7. The lowest BCUT2D eigenvalue weighted by Gasteiger charge is -2.32. The van der Waals surface area contributed by atoms with E-state index in [0.29, 0.717) is 19.0 Å². The van der Waals surface area contributed by atoms with Crippen molar-refractivity contribution >= 4 is 27.5 Å². The molecule has 0 aliphatic carbocycles. The normalized spacial score (nSPS) is 15.8. The van der Waals surface area contributed by atoms with Crippen molar-refractivity contribution in [3.63, 3.8) is 0 Å². The Hall–Kier alpha value is -2.24. The maximum atomic E-state index is 12.8. The molecule has 0 radical (unpaired) electrons. The number of aromatic nitrogens is 1. The van der Waals surface area contributed by atoms with E-state index in [9.17, 15) is 4.79 Å². The van der Waals surface area contributed by atoms with Crippen LogP contribution >= 0.6 is 11.3 Å². The van der Waals surface area contributed by atoms with E-state index in [-0.39, 0.29) is 5.91 Å². The average molecular weight is 394 g/mol. The number of para-hydroxylation sites is 1. The number of likely N-dealkylation sites (N-methyl/N-ethyl adjacent to an activating group) is 1. The predicted octanol–water partition coefficient (Wildman–Crippen LogP) is 4.52. The highest BCUT2D eigenvalue weighted by molar-refractivity contribution is 7.18. The molecule has 4 nitrogen and oxygen atoms in total. The first-order valence-electron chi connectivity index (χ1n) is 10.1.